The number of nitrogen functional groups attached to an aromatic ring is 1. The first-order valence-corrected chi connectivity index (χ1v) is 10.9. The van der Waals surface area contributed by atoms with E-state index in [1.54, 1.807) is 12.4 Å². The van der Waals surface area contributed by atoms with Gasteiger partial charge in [-0.1, -0.05) is 59.8 Å². The van der Waals surface area contributed by atoms with E-state index < -0.39 is 0 Å². The molecule has 3 heterocycles. The van der Waals surface area contributed by atoms with Gasteiger partial charge in [-0.2, -0.15) is 5.10 Å². The van der Waals surface area contributed by atoms with Gasteiger partial charge < -0.3 is 5.73 Å². The molecule has 0 spiro atoms. The number of hydrogen-bond acceptors (Lipinski definition) is 6. The van der Waals surface area contributed by atoms with Gasteiger partial charge in [0.2, 0.25) is 0 Å². The molecule has 5 rings (SSSR count). The molecule has 0 bridgehead atoms. The molecule has 3 N–H and O–H groups in total. The van der Waals surface area contributed by atoms with Crippen molar-refractivity contribution in [1.82, 2.24) is 25.1 Å². The third-order valence-electron chi connectivity index (χ3n) is 4.81. The average molecular weight is 445 g/mol. The zero-order chi connectivity index (χ0) is 21.2. The topological polar surface area (TPSA) is 93.4 Å². The maximum atomic E-state index is 6.51. The van der Waals surface area contributed by atoms with E-state index in [2.05, 4.69) is 15.2 Å². The van der Waals surface area contributed by atoms with Gasteiger partial charge in [-0.25, -0.2) is 9.97 Å². The normalized spacial score (nSPS) is 11.1. The maximum absolute atomic E-state index is 6.51. The number of H-pyrrole nitrogens is 1. The number of thioether (sulfide) groups is 1. The lowest BCUT2D eigenvalue weighted by Gasteiger charge is -2.13. The highest BCUT2D eigenvalue weighted by Crippen LogP contribution is 2.37. The van der Waals surface area contributed by atoms with Crippen LogP contribution in [0.3, 0.4) is 0 Å². The van der Waals surface area contributed by atoms with Crippen LogP contribution in [-0.4, -0.2) is 25.1 Å². The Hall–Kier alpha value is -3.42. The lowest BCUT2D eigenvalue weighted by atomic mass is 10.0. The van der Waals surface area contributed by atoms with E-state index in [0.717, 1.165) is 33.3 Å². The van der Waals surface area contributed by atoms with Gasteiger partial charge in [-0.15, -0.1) is 0 Å². The lowest BCUT2D eigenvalue weighted by Crippen LogP contribution is -2.02. The fraction of sp³-hybridized carbons (Fsp3) is 0.0435. The number of hydrogen-bond donors (Lipinski definition) is 2. The Balaban J connectivity index is 1.64. The highest BCUT2D eigenvalue weighted by molar-refractivity contribution is 7.98. The zero-order valence-corrected chi connectivity index (χ0v) is 17.9. The van der Waals surface area contributed by atoms with Crippen molar-refractivity contribution < 1.29 is 0 Å². The van der Waals surface area contributed by atoms with Crippen molar-refractivity contribution in [2.24, 2.45) is 0 Å². The summed E-state index contributed by atoms with van der Waals surface area (Å²) in [4.78, 5) is 13.8. The average Bonchev–Trinajstić information content (AvgIpc) is 3.29. The Kier molecular flexibility index (Phi) is 5.28. The van der Waals surface area contributed by atoms with Crippen LogP contribution >= 0.6 is 23.4 Å². The monoisotopic (exact) mass is 444 g/mol. The Morgan fingerprint density at radius 3 is 2.58 bits per heavy atom. The number of fused-ring (bicyclic) bond motifs is 1. The SMILES string of the molecule is Nc1nc(-c2ccccc2)c(-c2cc(Cl)c3[nH]ncc3c2)nc1SCc1cccnc1. The summed E-state index contributed by atoms with van der Waals surface area (Å²) >= 11 is 8.04. The molecule has 0 aliphatic carbocycles. The van der Waals surface area contributed by atoms with E-state index >= 15 is 0 Å². The molecule has 0 atom stereocenters. The standard InChI is InChI=1S/C23H17ClN6S/c24-18-10-16(9-17-12-27-30-19(17)18)21-20(15-6-2-1-3-7-15)28-22(25)23(29-21)31-13-14-5-4-8-26-11-14/h1-12H,13H2,(H2,25,28)(H,27,30). The first kappa shape index (κ1) is 19.5. The number of benzene rings is 2. The summed E-state index contributed by atoms with van der Waals surface area (Å²) in [5, 5.41) is 9.17. The first-order chi connectivity index (χ1) is 15.2. The minimum absolute atomic E-state index is 0.395. The van der Waals surface area contributed by atoms with Gasteiger partial charge in [0.15, 0.2) is 5.82 Å². The molecule has 5 aromatic rings. The quantitative estimate of drug-likeness (QED) is 0.342. The van der Waals surface area contributed by atoms with Gasteiger partial charge >= 0.3 is 0 Å². The molecular formula is C23H17ClN6S. The Bertz CT molecular complexity index is 1360. The van der Waals surface area contributed by atoms with Crippen LogP contribution in [0.5, 0.6) is 0 Å². The Morgan fingerprint density at radius 2 is 1.77 bits per heavy atom. The molecule has 3 aromatic heterocycles. The van der Waals surface area contributed by atoms with Crippen molar-refractivity contribution in [3.63, 3.8) is 0 Å². The predicted molar refractivity (Wildman–Crippen MR) is 126 cm³/mol. The number of rotatable bonds is 5. The number of nitrogens with one attached hydrogen (secondary N) is 1. The van der Waals surface area contributed by atoms with Crippen LogP contribution in [-0.2, 0) is 5.75 Å². The summed E-state index contributed by atoms with van der Waals surface area (Å²) in [6.45, 7) is 0. The van der Waals surface area contributed by atoms with Crippen LogP contribution in [0, 0.1) is 0 Å². The van der Waals surface area contributed by atoms with Crippen LogP contribution in [0.15, 0.2) is 78.2 Å². The van der Waals surface area contributed by atoms with E-state index in [-0.39, 0.29) is 0 Å². The number of anilines is 1. The van der Waals surface area contributed by atoms with Crippen molar-refractivity contribution in [2.75, 3.05) is 5.73 Å². The molecule has 6 nitrogen and oxygen atoms in total. The summed E-state index contributed by atoms with van der Waals surface area (Å²) in [6, 6.07) is 17.7. The van der Waals surface area contributed by atoms with Crippen LogP contribution < -0.4 is 5.73 Å². The smallest absolute Gasteiger partial charge is 0.156 e. The lowest BCUT2D eigenvalue weighted by molar-refractivity contribution is 1.08. The predicted octanol–water partition coefficient (Wildman–Crippen LogP) is 5.61. The number of aromatic amines is 1. The fourth-order valence-corrected chi connectivity index (χ4v) is 4.42. The first-order valence-electron chi connectivity index (χ1n) is 9.56. The van der Waals surface area contributed by atoms with Crippen LogP contribution in [0.1, 0.15) is 5.56 Å². The summed E-state index contributed by atoms with van der Waals surface area (Å²) in [7, 11) is 0. The number of halogens is 1. The minimum atomic E-state index is 0.395. The van der Waals surface area contributed by atoms with Crippen LogP contribution in [0.4, 0.5) is 5.82 Å². The molecule has 0 saturated heterocycles. The largest absolute Gasteiger partial charge is 0.381 e. The molecule has 0 fully saturated rings. The van der Waals surface area contributed by atoms with E-state index in [4.69, 9.17) is 27.3 Å². The molecule has 0 aliphatic rings. The van der Waals surface area contributed by atoms with Gasteiger partial charge in [0.05, 0.1) is 28.1 Å². The van der Waals surface area contributed by atoms with Crippen LogP contribution in [0.2, 0.25) is 5.02 Å². The zero-order valence-electron chi connectivity index (χ0n) is 16.3. The van der Waals surface area contributed by atoms with Crippen LogP contribution in [0.25, 0.3) is 33.4 Å². The van der Waals surface area contributed by atoms with Crippen molar-refractivity contribution >= 4 is 40.1 Å². The number of aromatic nitrogens is 5. The summed E-state index contributed by atoms with van der Waals surface area (Å²) in [6.07, 6.45) is 5.34. The number of pyridine rings is 1. The third-order valence-corrected chi connectivity index (χ3v) is 6.16. The third kappa shape index (κ3) is 3.97. The number of nitrogens with zero attached hydrogens (tertiary/aromatic N) is 4. The molecule has 0 aliphatic heterocycles. The van der Waals surface area contributed by atoms with Gasteiger partial charge in [-0.05, 0) is 23.8 Å². The van der Waals surface area contributed by atoms with E-state index in [0.29, 0.717) is 27.3 Å². The molecule has 2 aromatic carbocycles. The van der Waals surface area contributed by atoms with E-state index in [9.17, 15) is 0 Å². The maximum Gasteiger partial charge on any atom is 0.156 e. The summed E-state index contributed by atoms with van der Waals surface area (Å²) in [5.74, 6) is 1.09. The van der Waals surface area contributed by atoms with Crippen molar-refractivity contribution in [1.29, 1.82) is 0 Å². The van der Waals surface area contributed by atoms with Gasteiger partial charge in [0.25, 0.3) is 0 Å². The number of nitrogens with two attached hydrogens (primary N) is 1. The molecule has 0 radical (unpaired) electrons. The second kappa shape index (κ2) is 8.37. The molecule has 0 saturated carbocycles. The summed E-state index contributed by atoms with van der Waals surface area (Å²) in [5.41, 5.74) is 11.4. The Labute approximate surface area is 187 Å². The van der Waals surface area contributed by atoms with Gasteiger partial charge in [0.1, 0.15) is 5.03 Å². The van der Waals surface area contributed by atoms with Crippen molar-refractivity contribution in [2.45, 2.75) is 10.8 Å². The second-order valence-electron chi connectivity index (χ2n) is 6.92. The van der Waals surface area contributed by atoms with E-state index in [1.807, 2.05) is 60.8 Å². The van der Waals surface area contributed by atoms with E-state index in [1.165, 1.54) is 11.8 Å². The van der Waals surface area contributed by atoms with Gasteiger partial charge in [0, 0.05) is 34.7 Å². The molecule has 31 heavy (non-hydrogen) atoms. The summed E-state index contributed by atoms with van der Waals surface area (Å²) < 4.78 is 0. The molecular weight excluding hydrogens is 428 g/mol. The van der Waals surface area contributed by atoms with Gasteiger partial charge in [-0.3, -0.25) is 10.1 Å². The molecule has 8 heteroatoms. The minimum Gasteiger partial charge on any atom is -0.381 e. The fourth-order valence-electron chi connectivity index (χ4n) is 3.32. The molecule has 0 amide bonds. The second-order valence-corrected chi connectivity index (χ2v) is 8.29. The van der Waals surface area contributed by atoms with Crippen molar-refractivity contribution in [3.8, 4) is 22.5 Å². The Morgan fingerprint density at radius 1 is 0.935 bits per heavy atom. The molecule has 0 unspecified atom stereocenters. The highest BCUT2D eigenvalue weighted by Gasteiger charge is 2.17. The van der Waals surface area contributed by atoms with Crippen molar-refractivity contribution in [3.05, 3.63) is 83.8 Å². The highest BCUT2D eigenvalue weighted by atomic mass is 35.5. The molecule has 152 valence electrons.